The highest BCUT2D eigenvalue weighted by atomic mass is 16.5. The average Bonchev–Trinajstić information content (AvgIpc) is 2.39. The summed E-state index contributed by atoms with van der Waals surface area (Å²) in [5.41, 5.74) is 2.96. The number of aliphatic imine (C=N–C) groups is 1. The fourth-order valence-corrected chi connectivity index (χ4v) is 2.82. The van der Waals surface area contributed by atoms with Crippen molar-refractivity contribution in [2.75, 3.05) is 19.7 Å². The van der Waals surface area contributed by atoms with Crippen LogP contribution in [0.5, 0.6) is 0 Å². The number of ether oxygens (including phenoxy) is 1. The van der Waals surface area contributed by atoms with Crippen LogP contribution in [-0.2, 0) is 11.2 Å². The Morgan fingerprint density at radius 2 is 2.29 bits per heavy atom. The summed E-state index contributed by atoms with van der Waals surface area (Å²) in [5.74, 6) is 0. The maximum Gasteiger partial charge on any atom is 0.287 e. The maximum atomic E-state index is 5.64. The first kappa shape index (κ1) is 10.6. The van der Waals surface area contributed by atoms with Crippen LogP contribution in [0, 0.1) is 0 Å². The molecule has 0 saturated heterocycles. The van der Waals surface area contributed by atoms with Gasteiger partial charge in [0.2, 0.25) is 0 Å². The molecule has 3 heteroatoms. The van der Waals surface area contributed by atoms with Gasteiger partial charge >= 0.3 is 0 Å². The lowest BCUT2D eigenvalue weighted by molar-refractivity contribution is 0.179. The Morgan fingerprint density at radius 1 is 1.41 bits per heavy atom. The molecule has 0 bridgehead atoms. The van der Waals surface area contributed by atoms with Crippen molar-refractivity contribution < 1.29 is 4.74 Å². The van der Waals surface area contributed by atoms with Crippen molar-refractivity contribution >= 4 is 6.02 Å². The molecule has 1 atom stereocenters. The quantitative estimate of drug-likeness (QED) is 0.740. The largest absolute Gasteiger partial charge is 0.465 e. The molecule has 0 aromatic heterocycles. The lowest BCUT2D eigenvalue weighted by Gasteiger charge is -2.40. The molecule has 0 fully saturated rings. The van der Waals surface area contributed by atoms with Crippen molar-refractivity contribution in [3.8, 4) is 0 Å². The fraction of sp³-hybridized carbons (Fsp3) is 0.500. The minimum absolute atomic E-state index is 0.471. The van der Waals surface area contributed by atoms with E-state index in [1.165, 1.54) is 11.1 Å². The third kappa shape index (κ3) is 1.79. The second-order valence-corrected chi connectivity index (χ2v) is 4.54. The Balaban J connectivity index is 1.93. The van der Waals surface area contributed by atoms with E-state index in [0.29, 0.717) is 12.6 Å². The molecule has 1 aromatic carbocycles. The van der Waals surface area contributed by atoms with E-state index in [9.17, 15) is 0 Å². The van der Waals surface area contributed by atoms with Gasteiger partial charge in [0.15, 0.2) is 0 Å². The van der Waals surface area contributed by atoms with Crippen LogP contribution in [0.2, 0.25) is 0 Å². The van der Waals surface area contributed by atoms with E-state index in [1.807, 2.05) is 6.92 Å². The van der Waals surface area contributed by atoms with E-state index < -0.39 is 0 Å². The van der Waals surface area contributed by atoms with Crippen LogP contribution in [0.25, 0.3) is 0 Å². The van der Waals surface area contributed by atoms with E-state index >= 15 is 0 Å². The third-order valence-electron chi connectivity index (χ3n) is 3.58. The Kier molecular flexibility index (Phi) is 2.75. The zero-order chi connectivity index (χ0) is 11.7. The van der Waals surface area contributed by atoms with Crippen LogP contribution in [-0.4, -0.2) is 30.6 Å². The van der Waals surface area contributed by atoms with Gasteiger partial charge in [0.05, 0.1) is 12.6 Å². The summed E-state index contributed by atoms with van der Waals surface area (Å²) in [7, 11) is 0. The molecule has 0 amide bonds. The molecule has 0 aliphatic carbocycles. The van der Waals surface area contributed by atoms with Gasteiger partial charge in [0.25, 0.3) is 6.02 Å². The summed E-state index contributed by atoms with van der Waals surface area (Å²) in [4.78, 5) is 6.83. The smallest absolute Gasteiger partial charge is 0.287 e. The summed E-state index contributed by atoms with van der Waals surface area (Å²) < 4.78 is 5.64. The molecule has 0 spiro atoms. The fourth-order valence-electron chi connectivity index (χ4n) is 2.82. The summed E-state index contributed by atoms with van der Waals surface area (Å²) in [6.07, 6.45) is 2.20. The van der Waals surface area contributed by atoms with Crippen LogP contribution < -0.4 is 0 Å². The van der Waals surface area contributed by atoms with Gasteiger partial charge in [-0.2, -0.15) is 0 Å². The first-order chi connectivity index (χ1) is 8.40. The number of amidine groups is 1. The highest BCUT2D eigenvalue weighted by Gasteiger charge is 2.32. The maximum absolute atomic E-state index is 5.64. The summed E-state index contributed by atoms with van der Waals surface area (Å²) in [6, 6.07) is 10.1. The molecule has 0 saturated carbocycles. The van der Waals surface area contributed by atoms with E-state index in [1.54, 1.807) is 0 Å². The topological polar surface area (TPSA) is 24.8 Å². The number of hydrogen-bond acceptors (Lipinski definition) is 3. The average molecular weight is 230 g/mol. The van der Waals surface area contributed by atoms with Gasteiger partial charge in [-0.25, -0.2) is 4.99 Å². The van der Waals surface area contributed by atoms with Gasteiger partial charge in [-0.3, -0.25) is 0 Å². The van der Waals surface area contributed by atoms with Gasteiger partial charge in [-0.15, -0.1) is 0 Å². The lowest BCUT2D eigenvalue weighted by atomic mass is 9.90. The molecule has 3 rings (SSSR count). The monoisotopic (exact) mass is 230 g/mol. The highest BCUT2D eigenvalue weighted by Crippen LogP contribution is 2.34. The summed E-state index contributed by atoms with van der Waals surface area (Å²) in [5, 5.41) is 0. The summed E-state index contributed by atoms with van der Waals surface area (Å²) in [6.45, 7) is 4.62. The van der Waals surface area contributed by atoms with Crippen molar-refractivity contribution in [3.63, 3.8) is 0 Å². The van der Waals surface area contributed by atoms with Crippen LogP contribution in [0.3, 0.4) is 0 Å². The predicted molar refractivity (Wildman–Crippen MR) is 68.1 cm³/mol. The number of benzene rings is 1. The molecule has 3 nitrogen and oxygen atoms in total. The molecular formula is C14H18N2O. The predicted octanol–water partition coefficient (Wildman–Crippen LogP) is 2.38. The molecular weight excluding hydrogens is 212 g/mol. The van der Waals surface area contributed by atoms with Gasteiger partial charge in [0.1, 0.15) is 0 Å². The molecule has 2 heterocycles. The molecule has 2 aliphatic rings. The van der Waals surface area contributed by atoms with Crippen LogP contribution in [0.4, 0.5) is 0 Å². The van der Waals surface area contributed by atoms with Gasteiger partial charge in [0, 0.05) is 13.1 Å². The molecule has 0 N–H and O–H groups in total. The van der Waals surface area contributed by atoms with Crippen LogP contribution >= 0.6 is 0 Å². The van der Waals surface area contributed by atoms with Crippen LogP contribution in [0.15, 0.2) is 29.3 Å². The van der Waals surface area contributed by atoms with E-state index in [4.69, 9.17) is 4.74 Å². The molecule has 0 radical (unpaired) electrons. The third-order valence-corrected chi connectivity index (χ3v) is 3.58. The van der Waals surface area contributed by atoms with Crippen molar-refractivity contribution in [3.05, 3.63) is 35.4 Å². The van der Waals surface area contributed by atoms with E-state index in [-0.39, 0.29) is 0 Å². The molecule has 90 valence electrons. The van der Waals surface area contributed by atoms with Crippen molar-refractivity contribution in [1.82, 2.24) is 4.90 Å². The van der Waals surface area contributed by atoms with Gasteiger partial charge < -0.3 is 9.64 Å². The standard InChI is InChI=1S/C14H18N2O/c1-2-17-14-15-9-7-13-12-6-4-3-5-11(12)8-10-16(13)14/h3-6,13H,2,7-10H2,1H3. The second-order valence-electron chi connectivity index (χ2n) is 4.54. The molecule has 17 heavy (non-hydrogen) atoms. The van der Waals surface area contributed by atoms with Crippen molar-refractivity contribution in [2.45, 2.75) is 25.8 Å². The highest BCUT2D eigenvalue weighted by molar-refractivity contribution is 5.75. The number of fused-ring (bicyclic) bond motifs is 3. The zero-order valence-corrected chi connectivity index (χ0v) is 10.2. The number of rotatable bonds is 1. The lowest BCUT2D eigenvalue weighted by Crippen LogP contribution is -2.44. The second kappa shape index (κ2) is 4.40. The van der Waals surface area contributed by atoms with Gasteiger partial charge in [-0.1, -0.05) is 24.3 Å². The summed E-state index contributed by atoms with van der Waals surface area (Å²) >= 11 is 0. The first-order valence-corrected chi connectivity index (χ1v) is 6.42. The Morgan fingerprint density at radius 3 is 3.18 bits per heavy atom. The van der Waals surface area contributed by atoms with Crippen molar-refractivity contribution in [1.29, 1.82) is 0 Å². The molecule has 1 aromatic rings. The SMILES string of the molecule is CCOC1=NCCC2c3ccccc3CCN12. The van der Waals surface area contributed by atoms with E-state index in [2.05, 4.69) is 34.2 Å². The Labute approximate surface area is 102 Å². The number of nitrogens with zero attached hydrogens (tertiary/aromatic N) is 2. The van der Waals surface area contributed by atoms with Crippen molar-refractivity contribution in [2.24, 2.45) is 4.99 Å². The Bertz CT molecular complexity index is 442. The van der Waals surface area contributed by atoms with Gasteiger partial charge in [-0.05, 0) is 30.9 Å². The molecule has 1 unspecified atom stereocenters. The normalized spacial score (nSPS) is 22.5. The Hall–Kier alpha value is -1.51. The number of hydrogen-bond donors (Lipinski definition) is 0. The van der Waals surface area contributed by atoms with E-state index in [0.717, 1.165) is 32.0 Å². The molecule has 2 aliphatic heterocycles. The minimum atomic E-state index is 0.471. The van der Waals surface area contributed by atoms with Crippen LogP contribution in [0.1, 0.15) is 30.5 Å². The zero-order valence-electron chi connectivity index (χ0n) is 10.2. The first-order valence-electron chi connectivity index (χ1n) is 6.42. The minimum Gasteiger partial charge on any atom is -0.465 e.